The molecule has 0 heterocycles. The Morgan fingerprint density at radius 3 is 2.71 bits per heavy atom. The highest BCUT2D eigenvalue weighted by atomic mass is 16.1. The lowest BCUT2D eigenvalue weighted by Gasteiger charge is -2.20. The molecule has 2 bridgehead atoms. The summed E-state index contributed by atoms with van der Waals surface area (Å²) in [5.74, 6) is 3.13. The first-order valence-corrected chi connectivity index (χ1v) is 7.40. The van der Waals surface area contributed by atoms with Crippen LogP contribution in [0.4, 0.5) is 0 Å². The van der Waals surface area contributed by atoms with Crippen LogP contribution in [0, 0.1) is 17.8 Å². The van der Waals surface area contributed by atoms with E-state index < -0.39 is 0 Å². The van der Waals surface area contributed by atoms with Gasteiger partial charge in [0.1, 0.15) is 5.78 Å². The van der Waals surface area contributed by atoms with E-state index in [-0.39, 0.29) is 0 Å². The van der Waals surface area contributed by atoms with Crippen LogP contribution in [0.3, 0.4) is 0 Å². The number of fused-ring (bicyclic) bond motifs is 2. The van der Waals surface area contributed by atoms with Gasteiger partial charge in [0.15, 0.2) is 0 Å². The molecular formula is C15H27NO. The zero-order valence-corrected chi connectivity index (χ0v) is 11.4. The molecule has 1 N–H and O–H groups in total. The first-order chi connectivity index (χ1) is 8.15. The zero-order chi connectivity index (χ0) is 12.3. The largest absolute Gasteiger partial charge is 0.315 e. The van der Waals surface area contributed by atoms with Crippen LogP contribution in [0.1, 0.15) is 58.8 Å². The van der Waals surface area contributed by atoms with Crippen LogP contribution in [0.15, 0.2) is 0 Å². The van der Waals surface area contributed by atoms with Crippen molar-refractivity contribution in [1.29, 1.82) is 0 Å². The second kappa shape index (κ2) is 5.99. The number of ketones is 1. The van der Waals surface area contributed by atoms with E-state index in [1.54, 1.807) is 0 Å². The summed E-state index contributed by atoms with van der Waals surface area (Å²) in [5.41, 5.74) is 0. The maximum absolute atomic E-state index is 11.9. The molecule has 0 aromatic carbocycles. The van der Waals surface area contributed by atoms with Gasteiger partial charge in [-0.25, -0.2) is 0 Å². The molecule has 0 saturated heterocycles. The van der Waals surface area contributed by atoms with E-state index in [4.69, 9.17) is 0 Å². The second-order valence-corrected chi connectivity index (χ2v) is 6.39. The monoisotopic (exact) mass is 237 g/mol. The minimum Gasteiger partial charge on any atom is -0.315 e. The van der Waals surface area contributed by atoms with Crippen LogP contribution in [-0.2, 0) is 4.79 Å². The summed E-state index contributed by atoms with van der Waals surface area (Å²) in [6, 6.07) is 0.538. The number of hydrogen-bond donors (Lipinski definition) is 1. The molecule has 2 saturated carbocycles. The van der Waals surface area contributed by atoms with Crippen LogP contribution >= 0.6 is 0 Å². The molecule has 0 amide bonds. The van der Waals surface area contributed by atoms with Crippen molar-refractivity contribution in [2.24, 2.45) is 17.8 Å². The summed E-state index contributed by atoms with van der Waals surface area (Å²) >= 11 is 0. The Labute approximate surface area is 106 Å². The van der Waals surface area contributed by atoms with E-state index in [1.807, 2.05) is 0 Å². The molecule has 2 aliphatic carbocycles. The third kappa shape index (κ3) is 3.80. The average molecular weight is 237 g/mol. The summed E-state index contributed by atoms with van der Waals surface area (Å²) in [4.78, 5) is 11.9. The normalized spacial score (nSPS) is 31.4. The molecular weight excluding hydrogens is 210 g/mol. The van der Waals surface area contributed by atoms with E-state index in [1.165, 1.54) is 25.7 Å². The lowest BCUT2D eigenvalue weighted by Crippen LogP contribution is -2.24. The fourth-order valence-electron chi connectivity index (χ4n) is 3.70. The first kappa shape index (κ1) is 13.1. The van der Waals surface area contributed by atoms with Gasteiger partial charge in [0.2, 0.25) is 0 Å². The molecule has 3 unspecified atom stereocenters. The fourth-order valence-corrected chi connectivity index (χ4v) is 3.70. The van der Waals surface area contributed by atoms with Gasteiger partial charge in [-0.3, -0.25) is 4.79 Å². The second-order valence-electron chi connectivity index (χ2n) is 6.39. The molecule has 2 fully saturated rings. The summed E-state index contributed by atoms with van der Waals surface area (Å²) < 4.78 is 0. The number of Topliss-reactive ketones (excluding diaryl/α,β-unsaturated/α-hetero) is 1. The smallest absolute Gasteiger partial charge is 0.133 e. The molecule has 0 radical (unpaired) electrons. The number of rotatable bonds is 7. The molecule has 2 heteroatoms. The molecule has 2 rings (SSSR count). The van der Waals surface area contributed by atoms with Crippen molar-refractivity contribution < 1.29 is 4.79 Å². The molecule has 0 aromatic rings. The van der Waals surface area contributed by atoms with Gasteiger partial charge in [0.05, 0.1) is 0 Å². The van der Waals surface area contributed by atoms with Gasteiger partial charge in [-0.15, -0.1) is 0 Å². The number of carbonyl (C=O) groups is 1. The minimum atomic E-state index is 0.508. The zero-order valence-electron chi connectivity index (χ0n) is 11.4. The number of carbonyl (C=O) groups excluding carboxylic acids is 1. The van der Waals surface area contributed by atoms with Crippen molar-refractivity contribution in [2.75, 3.05) is 6.54 Å². The first-order valence-electron chi connectivity index (χ1n) is 7.40. The Hall–Kier alpha value is -0.370. The SMILES string of the molecule is CC(C)NCCCC(=O)CC1CC2CCC1C2. The van der Waals surface area contributed by atoms with Crippen LogP contribution in [0.25, 0.3) is 0 Å². The van der Waals surface area contributed by atoms with E-state index in [0.29, 0.717) is 11.8 Å². The highest BCUT2D eigenvalue weighted by Crippen LogP contribution is 2.49. The van der Waals surface area contributed by atoms with Crippen LogP contribution in [0.2, 0.25) is 0 Å². The topological polar surface area (TPSA) is 29.1 Å². The van der Waals surface area contributed by atoms with Crippen molar-refractivity contribution in [1.82, 2.24) is 5.32 Å². The molecule has 0 aliphatic heterocycles. The van der Waals surface area contributed by atoms with E-state index in [0.717, 1.165) is 43.6 Å². The average Bonchev–Trinajstić information content (AvgIpc) is 2.86. The quantitative estimate of drug-likeness (QED) is 0.689. The highest BCUT2D eigenvalue weighted by molar-refractivity contribution is 5.78. The van der Waals surface area contributed by atoms with Gasteiger partial charge in [-0.2, -0.15) is 0 Å². The Balaban J connectivity index is 1.58. The Morgan fingerprint density at radius 2 is 2.12 bits per heavy atom. The van der Waals surface area contributed by atoms with Crippen molar-refractivity contribution >= 4 is 5.78 Å². The van der Waals surface area contributed by atoms with Gasteiger partial charge in [0, 0.05) is 18.9 Å². The molecule has 3 atom stereocenters. The van der Waals surface area contributed by atoms with Gasteiger partial charge in [0.25, 0.3) is 0 Å². The molecule has 2 nitrogen and oxygen atoms in total. The van der Waals surface area contributed by atoms with Crippen molar-refractivity contribution in [3.8, 4) is 0 Å². The van der Waals surface area contributed by atoms with Crippen molar-refractivity contribution in [3.05, 3.63) is 0 Å². The molecule has 2 aliphatic rings. The fraction of sp³-hybridized carbons (Fsp3) is 0.933. The van der Waals surface area contributed by atoms with Crippen molar-refractivity contribution in [3.63, 3.8) is 0 Å². The van der Waals surface area contributed by atoms with Crippen LogP contribution in [0.5, 0.6) is 0 Å². The standard InChI is InChI=1S/C15H27NO/c1-11(2)16-7-3-4-15(17)10-14-9-12-5-6-13(14)8-12/h11-14,16H,3-10H2,1-2H3. The molecule has 98 valence electrons. The lowest BCUT2D eigenvalue weighted by atomic mass is 9.84. The van der Waals surface area contributed by atoms with Gasteiger partial charge >= 0.3 is 0 Å². The summed E-state index contributed by atoms with van der Waals surface area (Å²) in [6.07, 6.45) is 8.28. The Kier molecular flexibility index (Phi) is 4.61. The third-order valence-corrected chi connectivity index (χ3v) is 4.56. The molecule has 0 aromatic heterocycles. The summed E-state index contributed by atoms with van der Waals surface area (Å²) in [7, 11) is 0. The van der Waals surface area contributed by atoms with Crippen LogP contribution < -0.4 is 5.32 Å². The predicted molar refractivity (Wildman–Crippen MR) is 70.9 cm³/mol. The lowest BCUT2D eigenvalue weighted by molar-refractivity contribution is -0.120. The summed E-state index contributed by atoms with van der Waals surface area (Å²) in [6.45, 7) is 5.29. The Bertz CT molecular complexity index is 262. The predicted octanol–water partition coefficient (Wildman–Crippen LogP) is 3.16. The number of hydrogen-bond acceptors (Lipinski definition) is 2. The molecule has 0 spiro atoms. The van der Waals surface area contributed by atoms with Crippen molar-refractivity contribution in [2.45, 2.75) is 64.8 Å². The molecule has 17 heavy (non-hydrogen) atoms. The third-order valence-electron chi connectivity index (χ3n) is 4.56. The van der Waals surface area contributed by atoms with E-state index in [2.05, 4.69) is 19.2 Å². The highest BCUT2D eigenvalue weighted by Gasteiger charge is 2.39. The van der Waals surface area contributed by atoms with Gasteiger partial charge in [-0.05, 0) is 50.0 Å². The van der Waals surface area contributed by atoms with E-state index >= 15 is 0 Å². The maximum Gasteiger partial charge on any atom is 0.133 e. The van der Waals surface area contributed by atoms with Crippen LogP contribution in [-0.4, -0.2) is 18.4 Å². The Morgan fingerprint density at radius 1 is 1.29 bits per heavy atom. The van der Waals surface area contributed by atoms with E-state index in [9.17, 15) is 4.79 Å². The number of nitrogens with one attached hydrogen (secondary N) is 1. The maximum atomic E-state index is 11.9. The minimum absolute atomic E-state index is 0.508. The van der Waals surface area contributed by atoms with Gasteiger partial charge in [-0.1, -0.05) is 20.3 Å². The van der Waals surface area contributed by atoms with Gasteiger partial charge < -0.3 is 5.32 Å². The summed E-state index contributed by atoms with van der Waals surface area (Å²) in [5, 5.41) is 3.37.